The van der Waals surface area contributed by atoms with Crippen molar-refractivity contribution in [1.29, 1.82) is 0 Å². The Labute approximate surface area is 85.6 Å². The largest absolute Gasteiger partial charge is 0.402 e. The molecule has 0 bridgehead atoms. The van der Waals surface area contributed by atoms with Crippen LogP contribution in [0.1, 0.15) is 32.6 Å². The number of hydrogen-bond acceptors (Lipinski definition) is 2. The smallest absolute Gasteiger partial charge is 0.0395 e. The maximum absolute atomic E-state index is 5.73. The van der Waals surface area contributed by atoms with Crippen molar-refractivity contribution in [2.45, 2.75) is 32.6 Å². The molecule has 2 rings (SSSR count). The van der Waals surface area contributed by atoms with E-state index >= 15 is 0 Å². The third kappa shape index (κ3) is 2.06. The minimum Gasteiger partial charge on any atom is -0.402 e. The first kappa shape index (κ1) is 9.50. The molecule has 0 fully saturated rings. The van der Waals surface area contributed by atoms with Gasteiger partial charge in [-0.05, 0) is 43.3 Å². The first-order valence-electron chi connectivity index (χ1n) is 5.44. The van der Waals surface area contributed by atoms with E-state index in [4.69, 9.17) is 5.73 Å². The van der Waals surface area contributed by atoms with E-state index in [1.54, 1.807) is 0 Å². The van der Waals surface area contributed by atoms with Gasteiger partial charge in [-0.25, -0.2) is 0 Å². The summed E-state index contributed by atoms with van der Waals surface area (Å²) in [5.74, 6) is 0.798. The fourth-order valence-corrected chi connectivity index (χ4v) is 2.04. The minimum atomic E-state index is 0.798. The number of rotatable bonds is 1. The quantitative estimate of drug-likeness (QED) is 0.677. The highest BCUT2D eigenvalue weighted by Crippen LogP contribution is 2.24. The molecular weight excluding hydrogens is 172 g/mol. The average molecular weight is 190 g/mol. The van der Waals surface area contributed by atoms with Gasteiger partial charge in [-0.15, -0.1) is 0 Å². The van der Waals surface area contributed by atoms with Gasteiger partial charge in [0, 0.05) is 18.0 Å². The van der Waals surface area contributed by atoms with Gasteiger partial charge in [0.25, 0.3) is 0 Å². The van der Waals surface area contributed by atoms with E-state index in [9.17, 15) is 0 Å². The summed E-state index contributed by atoms with van der Waals surface area (Å²) >= 11 is 0. The molecular formula is C12H18N2. The molecule has 0 amide bonds. The van der Waals surface area contributed by atoms with Gasteiger partial charge in [0.2, 0.25) is 0 Å². The minimum absolute atomic E-state index is 0.798. The van der Waals surface area contributed by atoms with Gasteiger partial charge in [0.15, 0.2) is 0 Å². The van der Waals surface area contributed by atoms with Crippen molar-refractivity contribution >= 4 is 5.71 Å². The van der Waals surface area contributed by atoms with E-state index in [-0.39, 0.29) is 0 Å². The first-order chi connectivity index (χ1) is 6.75. The van der Waals surface area contributed by atoms with Crippen molar-refractivity contribution in [2.24, 2.45) is 16.6 Å². The van der Waals surface area contributed by atoms with Gasteiger partial charge in [-0.2, -0.15) is 0 Å². The molecule has 0 radical (unpaired) electrons. The average Bonchev–Trinajstić information content (AvgIpc) is 2.19. The SMILES string of the molecule is CC1CCN=C(C2=CC=C(N)CC2)C1. The van der Waals surface area contributed by atoms with Crippen LogP contribution in [0.2, 0.25) is 0 Å². The standard InChI is InChI=1S/C12H18N2/c1-9-6-7-14-12(8-9)10-2-4-11(13)5-3-10/h2,4,9H,3,5-8,13H2,1H3. The highest BCUT2D eigenvalue weighted by Gasteiger charge is 2.16. The molecule has 0 aromatic carbocycles. The third-order valence-electron chi connectivity index (χ3n) is 3.02. The van der Waals surface area contributed by atoms with Crippen LogP contribution < -0.4 is 5.73 Å². The zero-order valence-electron chi connectivity index (χ0n) is 8.79. The van der Waals surface area contributed by atoms with Crippen molar-refractivity contribution in [1.82, 2.24) is 0 Å². The predicted molar refractivity (Wildman–Crippen MR) is 60.3 cm³/mol. The Bertz CT molecular complexity index is 310. The predicted octanol–water partition coefficient (Wildman–Crippen LogP) is 2.42. The van der Waals surface area contributed by atoms with Crippen molar-refractivity contribution in [3.8, 4) is 0 Å². The fraction of sp³-hybridized carbons (Fsp3) is 0.583. The topological polar surface area (TPSA) is 38.4 Å². The Hall–Kier alpha value is -1.05. The molecule has 1 atom stereocenters. The molecule has 1 aliphatic carbocycles. The number of hydrogen-bond donors (Lipinski definition) is 1. The van der Waals surface area contributed by atoms with E-state index in [0.29, 0.717) is 0 Å². The molecule has 1 aliphatic heterocycles. The van der Waals surface area contributed by atoms with E-state index < -0.39 is 0 Å². The second kappa shape index (κ2) is 3.99. The van der Waals surface area contributed by atoms with Crippen LogP contribution in [0, 0.1) is 5.92 Å². The van der Waals surface area contributed by atoms with Gasteiger partial charge >= 0.3 is 0 Å². The number of nitrogens with two attached hydrogens (primary N) is 1. The zero-order chi connectivity index (χ0) is 9.97. The van der Waals surface area contributed by atoms with E-state index in [2.05, 4.69) is 18.0 Å². The van der Waals surface area contributed by atoms with Crippen LogP contribution in [0.25, 0.3) is 0 Å². The van der Waals surface area contributed by atoms with Gasteiger partial charge in [-0.1, -0.05) is 13.0 Å². The van der Waals surface area contributed by atoms with E-state index in [0.717, 1.165) is 37.4 Å². The molecule has 2 heteroatoms. The number of allylic oxidation sites excluding steroid dienone is 4. The molecule has 1 unspecified atom stereocenters. The highest BCUT2D eigenvalue weighted by atomic mass is 14.8. The lowest BCUT2D eigenvalue weighted by atomic mass is 9.89. The maximum atomic E-state index is 5.73. The Balaban J connectivity index is 2.12. The Kier molecular flexibility index (Phi) is 2.71. The monoisotopic (exact) mass is 190 g/mol. The molecule has 0 saturated carbocycles. The normalized spacial score (nSPS) is 27.8. The first-order valence-corrected chi connectivity index (χ1v) is 5.44. The molecule has 0 saturated heterocycles. The van der Waals surface area contributed by atoms with Crippen LogP contribution in [0.15, 0.2) is 28.4 Å². The Morgan fingerprint density at radius 1 is 1.36 bits per heavy atom. The number of nitrogens with zero attached hydrogens (tertiary/aromatic N) is 1. The second-order valence-corrected chi connectivity index (χ2v) is 4.36. The lowest BCUT2D eigenvalue weighted by Crippen LogP contribution is -2.17. The summed E-state index contributed by atoms with van der Waals surface area (Å²) < 4.78 is 0. The van der Waals surface area contributed by atoms with Crippen molar-refractivity contribution in [3.63, 3.8) is 0 Å². The molecule has 0 aromatic heterocycles. The molecule has 1 heterocycles. The lowest BCUT2D eigenvalue weighted by molar-refractivity contribution is 0.540. The highest BCUT2D eigenvalue weighted by molar-refractivity contribution is 6.01. The summed E-state index contributed by atoms with van der Waals surface area (Å²) in [6.45, 7) is 3.31. The second-order valence-electron chi connectivity index (χ2n) is 4.36. The van der Waals surface area contributed by atoms with Crippen LogP contribution in [-0.2, 0) is 0 Å². The van der Waals surface area contributed by atoms with Crippen molar-refractivity contribution in [2.75, 3.05) is 6.54 Å². The summed E-state index contributed by atoms with van der Waals surface area (Å²) in [5, 5.41) is 0. The van der Waals surface area contributed by atoms with Crippen molar-refractivity contribution < 1.29 is 0 Å². The summed E-state index contributed by atoms with van der Waals surface area (Å²) in [6.07, 6.45) is 8.65. The lowest BCUT2D eigenvalue weighted by Gasteiger charge is -2.21. The fourth-order valence-electron chi connectivity index (χ4n) is 2.04. The van der Waals surface area contributed by atoms with E-state index in [1.807, 2.05) is 6.08 Å². The van der Waals surface area contributed by atoms with Gasteiger partial charge in [-0.3, -0.25) is 4.99 Å². The zero-order valence-corrected chi connectivity index (χ0v) is 8.79. The third-order valence-corrected chi connectivity index (χ3v) is 3.02. The molecule has 0 aromatic rings. The van der Waals surface area contributed by atoms with Gasteiger partial charge < -0.3 is 5.73 Å². The molecule has 2 aliphatic rings. The van der Waals surface area contributed by atoms with Crippen LogP contribution in [0.4, 0.5) is 0 Å². The summed E-state index contributed by atoms with van der Waals surface area (Å²) in [6, 6.07) is 0. The summed E-state index contributed by atoms with van der Waals surface area (Å²) in [4.78, 5) is 4.61. The van der Waals surface area contributed by atoms with E-state index in [1.165, 1.54) is 17.7 Å². The van der Waals surface area contributed by atoms with Crippen LogP contribution in [0.3, 0.4) is 0 Å². The molecule has 76 valence electrons. The van der Waals surface area contributed by atoms with Gasteiger partial charge in [0.05, 0.1) is 0 Å². The maximum Gasteiger partial charge on any atom is 0.0395 e. The van der Waals surface area contributed by atoms with Crippen LogP contribution >= 0.6 is 0 Å². The van der Waals surface area contributed by atoms with Crippen molar-refractivity contribution in [3.05, 3.63) is 23.4 Å². The molecule has 0 spiro atoms. The molecule has 14 heavy (non-hydrogen) atoms. The van der Waals surface area contributed by atoms with Gasteiger partial charge in [0.1, 0.15) is 0 Å². The molecule has 2 nitrogen and oxygen atoms in total. The number of aliphatic imine (C=N–C) groups is 1. The summed E-state index contributed by atoms with van der Waals surface area (Å²) in [7, 11) is 0. The molecule has 2 N–H and O–H groups in total. The Morgan fingerprint density at radius 3 is 2.86 bits per heavy atom. The van der Waals surface area contributed by atoms with Crippen LogP contribution in [0.5, 0.6) is 0 Å². The van der Waals surface area contributed by atoms with Crippen LogP contribution in [-0.4, -0.2) is 12.3 Å². The Morgan fingerprint density at radius 2 is 2.21 bits per heavy atom. The summed E-state index contributed by atoms with van der Waals surface area (Å²) in [5.41, 5.74) is 9.46.